The van der Waals surface area contributed by atoms with E-state index < -0.39 is 0 Å². The van der Waals surface area contributed by atoms with E-state index in [1.54, 1.807) is 0 Å². The van der Waals surface area contributed by atoms with E-state index in [9.17, 15) is 4.79 Å². The predicted octanol–water partition coefficient (Wildman–Crippen LogP) is 4.63. The molecule has 1 saturated heterocycles. The van der Waals surface area contributed by atoms with E-state index in [1.807, 2.05) is 64.9 Å². The molecule has 1 amide bonds. The van der Waals surface area contributed by atoms with Crippen LogP contribution in [0.4, 0.5) is 0 Å². The molecule has 0 bridgehead atoms. The Labute approximate surface area is 157 Å². The molecule has 2 heterocycles. The van der Waals surface area contributed by atoms with Gasteiger partial charge in [-0.3, -0.25) is 4.79 Å². The maximum atomic E-state index is 12.4. The molecule has 0 aliphatic carbocycles. The number of thiazole rings is 1. The Morgan fingerprint density at radius 3 is 2.50 bits per heavy atom. The molecule has 4 rings (SSSR count). The van der Waals surface area contributed by atoms with Gasteiger partial charge in [-0.15, -0.1) is 11.3 Å². The highest BCUT2D eigenvalue weighted by Crippen LogP contribution is 2.27. The number of carbonyl (C=O) groups is 1. The molecule has 2 aromatic carbocycles. The van der Waals surface area contributed by atoms with Crippen LogP contribution in [0.15, 0.2) is 60.0 Å². The Morgan fingerprint density at radius 2 is 1.77 bits per heavy atom. The van der Waals surface area contributed by atoms with E-state index in [4.69, 9.17) is 4.74 Å². The third kappa shape index (κ3) is 3.78. The second kappa shape index (κ2) is 7.70. The van der Waals surface area contributed by atoms with Gasteiger partial charge >= 0.3 is 0 Å². The summed E-state index contributed by atoms with van der Waals surface area (Å²) in [7, 11) is 0. The van der Waals surface area contributed by atoms with Crippen LogP contribution in [0, 0.1) is 0 Å². The molecule has 1 aliphatic heterocycles. The standard InChI is InChI=1S/C21H20N2O2S/c24-21(23-12-4-5-13-23)19-15-26-20(22-19)17-8-10-18(11-9-17)25-14-16-6-2-1-3-7-16/h1-3,6-11,15H,4-5,12-14H2. The molecular formula is C21H20N2O2S. The number of hydrogen-bond donors (Lipinski definition) is 0. The van der Waals surface area contributed by atoms with Gasteiger partial charge in [0.15, 0.2) is 0 Å². The van der Waals surface area contributed by atoms with Crippen molar-refractivity contribution in [2.24, 2.45) is 0 Å². The average Bonchev–Trinajstić information content (AvgIpc) is 3.39. The summed E-state index contributed by atoms with van der Waals surface area (Å²) in [5.41, 5.74) is 2.69. The van der Waals surface area contributed by atoms with Gasteiger partial charge in [-0.1, -0.05) is 30.3 Å². The van der Waals surface area contributed by atoms with Gasteiger partial charge in [0, 0.05) is 24.0 Å². The predicted molar refractivity (Wildman–Crippen MR) is 103 cm³/mol. The average molecular weight is 364 g/mol. The molecule has 132 valence electrons. The minimum Gasteiger partial charge on any atom is -0.489 e. The fraction of sp³-hybridized carbons (Fsp3) is 0.238. The summed E-state index contributed by atoms with van der Waals surface area (Å²) in [6.07, 6.45) is 2.18. The fourth-order valence-corrected chi connectivity index (χ4v) is 3.82. The summed E-state index contributed by atoms with van der Waals surface area (Å²) >= 11 is 1.51. The van der Waals surface area contributed by atoms with Crippen LogP contribution in [-0.2, 0) is 6.61 Å². The number of ether oxygens (including phenoxy) is 1. The normalized spacial score (nSPS) is 13.8. The lowest BCUT2D eigenvalue weighted by Crippen LogP contribution is -2.27. The third-order valence-corrected chi connectivity index (χ3v) is 5.36. The molecule has 1 aromatic heterocycles. The zero-order valence-electron chi connectivity index (χ0n) is 14.4. The Hall–Kier alpha value is -2.66. The lowest BCUT2D eigenvalue weighted by molar-refractivity contribution is 0.0788. The van der Waals surface area contributed by atoms with Crippen LogP contribution in [0.5, 0.6) is 5.75 Å². The van der Waals surface area contributed by atoms with E-state index >= 15 is 0 Å². The second-order valence-corrected chi connectivity index (χ2v) is 7.19. The molecule has 0 atom stereocenters. The summed E-state index contributed by atoms with van der Waals surface area (Å²) in [5, 5.41) is 2.72. The highest BCUT2D eigenvalue weighted by molar-refractivity contribution is 7.13. The smallest absolute Gasteiger partial charge is 0.273 e. The van der Waals surface area contributed by atoms with E-state index in [2.05, 4.69) is 4.98 Å². The highest BCUT2D eigenvalue weighted by atomic mass is 32.1. The van der Waals surface area contributed by atoms with Gasteiger partial charge in [0.25, 0.3) is 5.91 Å². The first kappa shape index (κ1) is 16.8. The number of carbonyl (C=O) groups excluding carboxylic acids is 1. The van der Waals surface area contributed by atoms with Crippen molar-refractivity contribution >= 4 is 17.2 Å². The first-order valence-electron chi connectivity index (χ1n) is 8.81. The zero-order chi connectivity index (χ0) is 17.8. The molecule has 0 saturated carbocycles. The minimum atomic E-state index is 0.0489. The zero-order valence-corrected chi connectivity index (χ0v) is 15.2. The number of likely N-dealkylation sites (tertiary alicyclic amines) is 1. The largest absolute Gasteiger partial charge is 0.489 e. The first-order valence-corrected chi connectivity index (χ1v) is 9.69. The number of nitrogens with zero attached hydrogens (tertiary/aromatic N) is 2. The summed E-state index contributed by atoms with van der Waals surface area (Å²) in [4.78, 5) is 18.8. The van der Waals surface area contributed by atoms with Gasteiger partial charge in [-0.05, 0) is 42.7 Å². The quantitative estimate of drug-likeness (QED) is 0.663. The molecular weight excluding hydrogens is 344 g/mol. The van der Waals surface area contributed by atoms with Crippen LogP contribution in [0.2, 0.25) is 0 Å². The van der Waals surface area contributed by atoms with Crippen LogP contribution in [0.1, 0.15) is 28.9 Å². The molecule has 0 spiro atoms. The number of benzene rings is 2. The Bertz CT molecular complexity index is 869. The Morgan fingerprint density at radius 1 is 1.04 bits per heavy atom. The number of amides is 1. The Balaban J connectivity index is 1.41. The summed E-state index contributed by atoms with van der Waals surface area (Å²) in [6, 6.07) is 18.0. The van der Waals surface area contributed by atoms with E-state index in [1.165, 1.54) is 11.3 Å². The topological polar surface area (TPSA) is 42.4 Å². The van der Waals surface area contributed by atoms with Crippen molar-refractivity contribution in [2.45, 2.75) is 19.4 Å². The second-order valence-electron chi connectivity index (χ2n) is 6.34. The Kier molecular flexibility index (Phi) is 4.97. The molecule has 3 aromatic rings. The van der Waals surface area contributed by atoms with Gasteiger partial charge in [0.2, 0.25) is 0 Å². The van der Waals surface area contributed by atoms with Crippen LogP contribution >= 0.6 is 11.3 Å². The van der Waals surface area contributed by atoms with Crippen molar-refractivity contribution in [2.75, 3.05) is 13.1 Å². The van der Waals surface area contributed by atoms with Crippen LogP contribution in [-0.4, -0.2) is 28.9 Å². The van der Waals surface area contributed by atoms with Crippen molar-refractivity contribution in [1.82, 2.24) is 9.88 Å². The summed E-state index contributed by atoms with van der Waals surface area (Å²) < 4.78 is 5.82. The maximum Gasteiger partial charge on any atom is 0.273 e. The van der Waals surface area contributed by atoms with E-state index in [-0.39, 0.29) is 5.91 Å². The number of rotatable bonds is 5. The van der Waals surface area contributed by atoms with Crippen LogP contribution in [0.3, 0.4) is 0 Å². The molecule has 0 unspecified atom stereocenters. The van der Waals surface area contributed by atoms with Crippen molar-refractivity contribution in [3.05, 3.63) is 71.2 Å². The molecule has 26 heavy (non-hydrogen) atoms. The molecule has 1 aliphatic rings. The summed E-state index contributed by atoms with van der Waals surface area (Å²) in [5.74, 6) is 0.871. The first-order chi connectivity index (χ1) is 12.8. The lowest BCUT2D eigenvalue weighted by Gasteiger charge is -2.12. The van der Waals surface area contributed by atoms with Gasteiger partial charge in [0.05, 0.1) is 0 Å². The van der Waals surface area contributed by atoms with Crippen molar-refractivity contribution in [1.29, 1.82) is 0 Å². The SMILES string of the molecule is O=C(c1csc(-c2ccc(OCc3ccccc3)cc2)n1)N1CCCC1. The van der Waals surface area contributed by atoms with Gasteiger partial charge < -0.3 is 9.64 Å². The lowest BCUT2D eigenvalue weighted by atomic mass is 10.2. The highest BCUT2D eigenvalue weighted by Gasteiger charge is 2.21. The third-order valence-electron chi connectivity index (χ3n) is 4.47. The molecule has 5 heteroatoms. The maximum absolute atomic E-state index is 12.4. The number of hydrogen-bond acceptors (Lipinski definition) is 4. The fourth-order valence-electron chi connectivity index (χ4n) is 3.02. The van der Waals surface area contributed by atoms with Gasteiger partial charge in [-0.2, -0.15) is 0 Å². The molecule has 0 radical (unpaired) electrons. The minimum absolute atomic E-state index is 0.0489. The van der Waals surface area contributed by atoms with Gasteiger partial charge in [-0.25, -0.2) is 4.98 Å². The van der Waals surface area contributed by atoms with Crippen LogP contribution < -0.4 is 4.74 Å². The number of aromatic nitrogens is 1. The monoisotopic (exact) mass is 364 g/mol. The molecule has 4 nitrogen and oxygen atoms in total. The van der Waals surface area contributed by atoms with E-state index in [0.29, 0.717) is 12.3 Å². The van der Waals surface area contributed by atoms with Crippen molar-refractivity contribution in [3.63, 3.8) is 0 Å². The van der Waals surface area contributed by atoms with Gasteiger partial charge in [0.1, 0.15) is 23.1 Å². The van der Waals surface area contributed by atoms with Crippen molar-refractivity contribution in [3.8, 4) is 16.3 Å². The van der Waals surface area contributed by atoms with E-state index in [0.717, 1.165) is 47.8 Å². The van der Waals surface area contributed by atoms with Crippen LogP contribution in [0.25, 0.3) is 10.6 Å². The van der Waals surface area contributed by atoms with Crippen molar-refractivity contribution < 1.29 is 9.53 Å². The molecule has 1 fully saturated rings. The summed E-state index contributed by atoms with van der Waals surface area (Å²) in [6.45, 7) is 2.24. The molecule has 0 N–H and O–H groups in total.